The minimum atomic E-state index is -0.434. The molecule has 0 radical (unpaired) electrons. The number of aromatic amines is 1. The lowest BCUT2D eigenvalue weighted by Gasteiger charge is -2.13. The summed E-state index contributed by atoms with van der Waals surface area (Å²) in [6.07, 6.45) is 1.84. The zero-order valence-corrected chi connectivity index (χ0v) is 17.0. The summed E-state index contributed by atoms with van der Waals surface area (Å²) in [5.41, 5.74) is 3.49. The molecule has 4 aromatic rings. The van der Waals surface area contributed by atoms with Gasteiger partial charge in [-0.3, -0.25) is 4.79 Å². The lowest BCUT2D eigenvalue weighted by Crippen LogP contribution is -2.22. The van der Waals surface area contributed by atoms with Crippen LogP contribution in [0.5, 0.6) is 5.75 Å². The second-order valence-electron chi connectivity index (χ2n) is 6.57. The molecule has 0 bridgehead atoms. The van der Waals surface area contributed by atoms with Crippen LogP contribution in [0.25, 0.3) is 22.4 Å². The smallest absolute Gasteiger partial charge is 0.277 e. The maximum absolute atomic E-state index is 12.6. The van der Waals surface area contributed by atoms with Crippen molar-refractivity contribution in [3.8, 4) is 17.2 Å². The normalized spacial score (nSPS) is 12.1. The zero-order valence-electron chi connectivity index (χ0n) is 16.2. The third kappa shape index (κ3) is 3.97. The number of ether oxygens (including phenoxy) is 1. The van der Waals surface area contributed by atoms with Crippen LogP contribution in [0.2, 0.25) is 0 Å². The number of amides is 1. The third-order valence-corrected chi connectivity index (χ3v) is 5.42. The molecule has 2 aromatic carbocycles. The van der Waals surface area contributed by atoms with E-state index in [1.165, 1.54) is 11.8 Å². The Morgan fingerprint density at radius 1 is 1.24 bits per heavy atom. The van der Waals surface area contributed by atoms with Crippen LogP contribution < -0.4 is 10.1 Å². The topological polar surface area (TPSA) is 93.0 Å². The van der Waals surface area contributed by atoms with E-state index in [1.807, 2.05) is 55.6 Å². The molecule has 0 aliphatic heterocycles. The molecule has 0 unspecified atom stereocenters. The van der Waals surface area contributed by atoms with E-state index < -0.39 is 5.25 Å². The van der Waals surface area contributed by atoms with Crippen molar-refractivity contribution >= 4 is 34.3 Å². The molecule has 1 atom stereocenters. The molecule has 4 rings (SSSR count). The number of nitrogens with one attached hydrogen (secondary N) is 2. The van der Waals surface area contributed by atoms with Crippen LogP contribution in [0.4, 0.5) is 5.69 Å². The first kappa shape index (κ1) is 19.1. The number of nitrogens with zero attached hydrogens (tertiary/aromatic N) is 2. The molecule has 1 amide bonds. The van der Waals surface area contributed by atoms with Crippen LogP contribution in [0.15, 0.2) is 58.3 Å². The highest BCUT2D eigenvalue weighted by molar-refractivity contribution is 8.00. The molecule has 2 aromatic heterocycles. The quantitative estimate of drug-likeness (QED) is 0.451. The first-order valence-electron chi connectivity index (χ1n) is 9.07. The van der Waals surface area contributed by atoms with E-state index in [4.69, 9.17) is 9.15 Å². The molecular formula is C21H20N4O3S. The van der Waals surface area contributed by atoms with E-state index in [1.54, 1.807) is 14.0 Å². The maximum Gasteiger partial charge on any atom is 0.277 e. The van der Waals surface area contributed by atoms with Gasteiger partial charge >= 0.3 is 0 Å². The number of carbonyl (C=O) groups excluding carboxylic acids is 1. The maximum atomic E-state index is 12.6. The molecule has 0 saturated heterocycles. The first-order chi connectivity index (χ1) is 14.0. The number of benzene rings is 2. The van der Waals surface area contributed by atoms with Gasteiger partial charge in [0.25, 0.3) is 11.1 Å². The SMILES string of the molecule is COc1ccc(C)cc1NC(=O)[C@H](C)Sc1nnc(-c2c[nH]c3ccccc23)o1. The summed E-state index contributed by atoms with van der Waals surface area (Å²) < 4.78 is 11.1. The van der Waals surface area contributed by atoms with E-state index in [-0.39, 0.29) is 5.91 Å². The van der Waals surface area contributed by atoms with E-state index in [0.29, 0.717) is 22.6 Å². The molecule has 2 N–H and O–H groups in total. The van der Waals surface area contributed by atoms with E-state index in [2.05, 4.69) is 20.5 Å². The van der Waals surface area contributed by atoms with Crippen LogP contribution in [-0.2, 0) is 4.79 Å². The van der Waals surface area contributed by atoms with Crippen LogP contribution in [0.1, 0.15) is 12.5 Å². The van der Waals surface area contributed by atoms with Gasteiger partial charge in [-0.2, -0.15) is 0 Å². The van der Waals surface area contributed by atoms with Gasteiger partial charge in [0, 0.05) is 17.1 Å². The van der Waals surface area contributed by atoms with Crippen molar-refractivity contribution in [1.82, 2.24) is 15.2 Å². The summed E-state index contributed by atoms with van der Waals surface area (Å²) in [4.78, 5) is 15.8. The van der Waals surface area contributed by atoms with Gasteiger partial charge in [-0.05, 0) is 37.6 Å². The van der Waals surface area contributed by atoms with Gasteiger partial charge in [-0.25, -0.2) is 0 Å². The van der Waals surface area contributed by atoms with Gasteiger partial charge in [-0.15, -0.1) is 10.2 Å². The first-order valence-corrected chi connectivity index (χ1v) is 9.95. The van der Waals surface area contributed by atoms with Crippen molar-refractivity contribution in [2.75, 3.05) is 12.4 Å². The number of methoxy groups -OCH3 is 1. The summed E-state index contributed by atoms with van der Waals surface area (Å²) in [5, 5.41) is 12.0. The monoisotopic (exact) mass is 408 g/mol. The number of thioether (sulfide) groups is 1. The number of aromatic nitrogens is 3. The van der Waals surface area contributed by atoms with Crippen molar-refractivity contribution in [3.63, 3.8) is 0 Å². The number of hydrogen-bond acceptors (Lipinski definition) is 6. The molecule has 0 saturated carbocycles. The fourth-order valence-electron chi connectivity index (χ4n) is 2.97. The summed E-state index contributed by atoms with van der Waals surface area (Å²) in [6.45, 7) is 3.75. The highest BCUT2D eigenvalue weighted by atomic mass is 32.2. The number of H-pyrrole nitrogens is 1. The number of aryl methyl sites for hydroxylation is 1. The average Bonchev–Trinajstić information content (AvgIpc) is 3.34. The standard InChI is InChI=1S/C21H20N4O3S/c1-12-8-9-18(27-3)17(10-12)23-19(26)13(2)29-21-25-24-20(28-21)15-11-22-16-7-5-4-6-14(15)16/h4-11,13,22H,1-3H3,(H,23,26)/t13-/m0/s1. The van der Waals surface area contributed by atoms with Gasteiger partial charge in [0.2, 0.25) is 5.91 Å². The largest absolute Gasteiger partial charge is 0.495 e. The molecule has 0 aliphatic rings. The highest BCUT2D eigenvalue weighted by Gasteiger charge is 2.21. The second kappa shape index (κ2) is 8.00. The van der Waals surface area contributed by atoms with Gasteiger partial charge in [0.15, 0.2) is 0 Å². The van der Waals surface area contributed by atoms with Crippen molar-refractivity contribution in [1.29, 1.82) is 0 Å². The molecule has 29 heavy (non-hydrogen) atoms. The number of para-hydroxylation sites is 1. The van der Waals surface area contributed by atoms with E-state index in [9.17, 15) is 4.79 Å². The highest BCUT2D eigenvalue weighted by Crippen LogP contribution is 2.31. The summed E-state index contributed by atoms with van der Waals surface area (Å²) in [5.74, 6) is 0.851. The number of anilines is 1. The van der Waals surface area contributed by atoms with Crippen molar-refractivity contribution in [2.24, 2.45) is 0 Å². The Balaban J connectivity index is 1.47. The Bertz CT molecular complexity index is 1170. The fourth-order valence-corrected chi connectivity index (χ4v) is 3.66. The molecule has 8 heteroatoms. The fraction of sp³-hybridized carbons (Fsp3) is 0.190. The molecular weight excluding hydrogens is 388 g/mol. The van der Waals surface area contributed by atoms with Gasteiger partial charge in [-0.1, -0.05) is 36.0 Å². The number of carbonyl (C=O) groups is 1. The van der Waals surface area contributed by atoms with Crippen molar-refractivity contribution in [2.45, 2.75) is 24.3 Å². The lowest BCUT2D eigenvalue weighted by molar-refractivity contribution is -0.115. The van der Waals surface area contributed by atoms with Gasteiger partial charge in [0.1, 0.15) is 5.75 Å². The second-order valence-corrected chi connectivity index (χ2v) is 7.87. The van der Waals surface area contributed by atoms with Crippen molar-refractivity contribution < 1.29 is 13.9 Å². The van der Waals surface area contributed by atoms with Crippen molar-refractivity contribution in [3.05, 3.63) is 54.2 Å². The summed E-state index contributed by atoms with van der Waals surface area (Å²) in [7, 11) is 1.57. The minimum absolute atomic E-state index is 0.175. The molecule has 148 valence electrons. The molecule has 2 heterocycles. The van der Waals surface area contributed by atoms with E-state index in [0.717, 1.165) is 22.0 Å². The Morgan fingerprint density at radius 2 is 2.07 bits per heavy atom. The number of hydrogen-bond donors (Lipinski definition) is 2. The Hall–Kier alpha value is -3.26. The Morgan fingerprint density at radius 3 is 2.90 bits per heavy atom. The predicted octanol–water partition coefficient (Wildman–Crippen LogP) is 4.65. The third-order valence-electron chi connectivity index (χ3n) is 4.49. The lowest BCUT2D eigenvalue weighted by atomic mass is 10.2. The molecule has 0 fully saturated rings. The molecule has 0 aliphatic carbocycles. The number of rotatable bonds is 6. The predicted molar refractivity (Wildman–Crippen MR) is 113 cm³/mol. The zero-order chi connectivity index (χ0) is 20.4. The van der Waals surface area contributed by atoms with Crippen LogP contribution in [0.3, 0.4) is 0 Å². The Labute approximate surface area is 171 Å². The molecule has 0 spiro atoms. The Kier molecular flexibility index (Phi) is 5.26. The van der Waals surface area contributed by atoms with Crippen LogP contribution in [-0.4, -0.2) is 33.4 Å². The summed E-state index contributed by atoms with van der Waals surface area (Å²) >= 11 is 1.21. The minimum Gasteiger partial charge on any atom is -0.495 e. The molecule has 7 nitrogen and oxygen atoms in total. The summed E-state index contributed by atoms with van der Waals surface area (Å²) in [6, 6.07) is 13.5. The average molecular weight is 408 g/mol. The van der Waals surface area contributed by atoms with Gasteiger partial charge < -0.3 is 19.5 Å². The number of fused-ring (bicyclic) bond motifs is 1. The van der Waals surface area contributed by atoms with Crippen LogP contribution >= 0.6 is 11.8 Å². The van der Waals surface area contributed by atoms with Crippen LogP contribution in [0, 0.1) is 6.92 Å². The van der Waals surface area contributed by atoms with E-state index >= 15 is 0 Å². The van der Waals surface area contributed by atoms with Gasteiger partial charge in [0.05, 0.1) is 23.6 Å².